The number of rotatable bonds is 33. The van der Waals surface area contributed by atoms with E-state index in [4.69, 9.17) is 53.1 Å². The van der Waals surface area contributed by atoms with E-state index in [0.29, 0.717) is 125 Å². The number of hydrogen-bond donors (Lipinski definition) is 1. The van der Waals surface area contributed by atoms with Crippen LogP contribution in [-0.2, 0) is 42.6 Å². The van der Waals surface area contributed by atoms with Gasteiger partial charge in [0.05, 0.1) is 112 Å². The Morgan fingerprint density at radius 3 is 1.05 bits per heavy atom. The Hall–Kier alpha value is -1.54. The maximum absolute atomic E-state index is 5.64. The zero-order chi connectivity index (χ0) is 29.3. The van der Waals surface area contributed by atoms with Gasteiger partial charge in [-0.2, -0.15) is 0 Å². The Kier molecular flexibility index (Phi) is 28.7. The summed E-state index contributed by atoms with van der Waals surface area (Å²) < 4.78 is 54.9. The van der Waals surface area contributed by atoms with Gasteiger partial charge in [0.15, 0.2) is 0 Å². The number of unbranched alkanes of at least 4 members (excludes halogenated alkanes) is 3. The van der Waals surface area contributed by atoms with Gasteiger partial charge in [-0.15, -0.1) is 0 Å². The zero-order valence-electron chi connectivity index (χ0n) is 25.2. The fraction of sp³-hybridized carbons (Fsp3) is 0.800. The second-order valence-electron chi connectivity index (χ2n) is 8.99. The molecule has 0 heterocycles. The van der Waals surface area contributed by atoms with Gasteiger partial charge in [-0.1, -0.05) is 26.2 Å². The lowest BCUT2D eigenvalue weighted by atomic mass is 10.2. The normalized spacial score (nSPS) is 11.3. The molecule has 0 unspecified atom stereocenters. The highest BCUT2D eigenvalue weighted by atomic mass is 16.6. The zero-order valence-corrected chi connectivity index (χ0v) is 25.2. The standard InChI is InChI=1S/C30H55NO10/c1-2-3-4-5-10-32-11-12-33-13-14-34-15-16-35-17-18-36-19-20-37-21-22-38-23-24-39-25-26-40-27-28-41-30-8-6-29(31)7-9-30/h6-9H,2-5,10-28,31H2,1H3. The van der Waals surface area contributed by atoms with E-state index in [1.54, 1.807) is 12.1 Å². The van der Waals surface area contributed by atoms with Crippen LogP contribution in [-0.4, -0.2) is 126 Å². The van der Waals surface area contributed by atoms with Crippen LogP contribution in [0.2, 0.25) is 0 Å². The van der Waals surface area contributed by atoms with E-state index in [2.05, 4.69) is 6.92 Å². The Bertz CT molecular complexity index is 638. The lowest BCUT2D eigenvalue weighted by Gasteiger charge is -2.09. The summed E-state index contributed by atoms with van der Waals surface area (Å²) in [4.78, 5) is 0. The van der Waals surface area contributed by atoms with E-state index in [0.717, 1.165) is 18.8 Å². The lowest BCUT2D eigenvalue weighted by molar-refractivity contribution is -0.0254. The topological polar surface area (TPSA) is 118 Å². The molecule has 0 aromatic heterocycles. The largest absolute Gasteiger partial charge is 0.491 e. The fourth-order valence-electron chi connectivity index (χ4n) is 3.27. The van der Waals surface area contributed by atoms with Gasteiger partial charge in [0, 0.05) is 12.3 Å². The van der Waals surface area contributed by atoms with Crippen molar-refractivity contribution in [2.45, 2.75) is 32.6 Å². The first kappa shape index (κ1) is 37.5. The van der Waals surface area contributed by atoms with Gasteiger partial charge < -0.3 is 53.1 Å². The van der Waals surface area contributed by atoms with Crippen LogP contribution in [0.1, 0.15) is 32.6 Å². The summed E-state index contributed by atoms with van der Waals surface area (Å²) in [5.74, 6) is 0.776. The van der Waals surface area contributed by atoms with Gasteiger partial charge in [0.1, 0.15) is 12.4 Å². The van der Waals surface area contributed by atoms with Crippen molar-refractivity contribution in [3.63, 3.8) is 0 Å². The van der Waals surface area contributed by atoms with E-state index in [1.807, 2.05) is 12.1 Å². The number of nitrogens with two attached hydrogens (primary N) is 1. The molecule has 11 nitrogen and oxygen atoms in total. The third-order valence-corrected chi connectivity index (χ3v) is 5.49. The molecule has 0 saturated carbocycles. The Balaban J connectivity index is 1.63. The maximum Gasteiger partial charge on any atom is 0.119 e. The van der Waals surface area contributed by atoms with E-state index in [9.17, 15) is 0 Å². The van der Waals surface area contributed by atoms with Crippen molar-refractivity contribution in [2.24, 2.45) is 0 Å². The van der Waals surface area contributed by atoms with Crippen LogP contribution < -0.4 is 10.5 Å². The molecule has 2 N–H and O–H groups in total. The Morgan fingerprint density at radius 1 is 0.390 bits per heavy atom. The first-order valence-electron chi connectivity index (χ1n) is 15.0. The minimum Gasteiger partial charge on any atom is -0.491 e. The van der Waals surface area contributed by atoms with Crippen molar-refractivity contribution >= 4 is 5.69 Å². The molecule has 41 heavy (non-hydrogen) atoms. The van der Waals surface area contributed by atoms with Crippen molar-refractivity contribution in [1.82, 2.24) is 0 Å². The number of anilines is 1. The molecule has 0 atom stereocenters. The number of benzene rings is 1. The lowest BCUT2D eigenvalue weighted by Crippen LogP contribution is -2.15. The van der Waals surface area contributed by atoms with E-state index >= 15 is 0 Å². The second kappa shape index (κ2) is 31.4. The second-order valence-corrected chi connectivity index (χ2v) is 8.99. The molecule has 0 radical (unpaired) electrons. The van der Waals surface area contributed by atoms with Gasteiger partial charge in [-0.05, 0) is 30.7 Å². The van der Waals surface area contributed by atoms with Crippen molar-refractivity contribution < 1.29 is 47.4 Å². The number of nitrogen functional groups attached to an aromatic ring is 1. The first-order chi connectivity index (χ1) is 20.3. The highest BCUT2D eigenvalue weighted by molar-refractivity contribution is 5.41. The summed E-state index contributed by atoms with van der Waals surface area (Å²) in [6, 6.07) is 7.28. The predicted molar refractivity (Wildman–Crippen MR) is 158 cm³/mol. The maximum atomic E-state index is 5.64. The van der Waals surface area contributed by atoms with E-state index in [-0.39, 0.29) is 0 Å². The van der Waals surface area contributed by atoms with Gasteiger partial charge >= 0.3 is 0 Å². The van der Waals surface area contributed by atoms with Crippen LogP contribution in [0, 0.1) is 0 Å². The molecule has 0 amide bonds. The molecule has 0 aliphatic carbocycles. The molecule has 1 aromatic rings. The highest BCUT2D eigenvalue weighted by Crippen LogP contribution is 2.12. The Morgan fingerprint density at radius 2 is 0.707 bits per heavy atom. The van der Waals surface area contributed by atoms with Gasteiger partial charge in [0.2, 0.25) is 0 Å². The van der Waals surface area contributed by atoms with Crippen LogP contribution in [0.3, 0.4) is 0 Å². The minimum absolute atomic E-state index is 0.481. The predicted octanol–water partition coefficient (Wildman–Crippen LogP) is 3.38. The molecule has 240 valence electrons. The highest BCUT2D eigenvalue weighted by Gasteiger charge is 1.97. The molecule has 0 saturated heterocycles. The van der Waals surface area contributed by atoms with E-state index in [1.165, 1.54) is 19.3 Å². The average Bonchev–Trinajstić information content (AvgIpc) is 2.98. The number of ether oxygens (including phenoxy) is 10. The number of hydrogen-bond acceptors (Lipinski definition) is 11. The van der Waals surface area contributed by atoms with Gasteiger partial charge in [-0.25, -0.2) is 0 Å². The van der Waals surface area contributed by atoms with E-state index < -0.39 is 0 Å². The molecule has 0 spiro atoms. The molecule has 0 aliphatic rings. The molecule has 1 rings (SSSR count). The van der Waals surface area contributed by atoms with Crippen molar-refractivity contribution in [1.29, 1.82) is 0 Å². The average molecular weight is 590 g/mol. The molecular formula is C30H55NO10. The van der Waals surface area contributed by atoms with Crippen molar-refractivity contribution in [2.75, 3.05) is 131 Å². The SMILES string of the molecule is CCCCCCOCCOCCOCCOCCOCCOCCOCCOCCOCCOc1ccc(N)cc1. The summed E-state index contributed by atoms with van der Waals surface area (Å²) >= 11 is 0. The monoisotopic (exact) mass is 589 g/mol. The summed E-state index contributed by atoms with van der Waals surface area (Å²) in [6.45, 7) is 12.7. The summed E-state index contributed by atoms with van der Waals surface area (Å²) in [7, 11) is 0. The van der Waals surface area contributed by atoms with Crippen molar-refractivity contribution in [3.05, 3.63) is 24.3 Å². The summed E-state index contributed by atoms with van der Waals surface area (Å²) in [5, 5.41) is 0. The molecule has 1 aromatic carbocycles. The van der Waals surface area contributed by atoms with Crippen LogP contribution in [0.4, 0.5) is 5.69 Å². The fourth-order valence-corrected chi connectivity index (χ4v) is 3.27. The van der Waals surface area contributed by atoms with Crippen LogP contribution in [0.15, 0.2) is 24.3 Å². The molecule has 0 fully saturated rings. The molecule has 0 aliphatic heterocycles. The minimum atomic E-state index is 0.481. The van der Waals surface area contributed by atoms with Crippen LogP contribution in [0.25, 0.3) is 0 Å². The summed E-state index contributed by atoms with van der Waals surface area (Å²) in [6.07, 6.45) is 4.90. The molecular weight excluding hydrogens is 534 g/mol. The molecule has 0 bridgehead atoms. The van der Waals surface area contributed by atoms with Crippen LogP contribution >= 0.6 is 0 Å². The summed E-state index contributed by atoms with van der Waals surface area (Å²) in [5.41, 5.74) is 6.35. The first-order valence-corrected chi connectivity index (χ1v) is 15.0. The molecule has 11 heteroatoms. The van der Waals surface area contributed by atoms with Crippen molar-refractivity contribution in [3.8, 4) is 5.75 Å². The third-order valence-electron chi connectivity index (χ3n) is 5.49. The Labute approximate surface area is 247 Å². The van der Waals surface area contributed by atoms with Gasteiger partial charge in [0.25, 0.3) is 0 Å². The third kappa shape index (κ3) is 28.4. The quantitative estimate of drug-likeness (QED) is 0.0960. The van der Waals surface area contributed by atoms with Gasteiger partial charge in [-0.3, -0.25) is 0 Å². The smallest absolute Gasteiger partial charge is 0.119 e. The van der Waals surface area contributed by atoms with Crippen LogP contribution in [0.5, 0.6) is 5.75 Å².